The summed E-state index contributed by atoms with van der Waals surface area (Å²) >= 11 is 1.36. The maximum atomic E-state index is 12.2. The number of thiazole rings is 1. The van der Waals surface area contributed by atoms with Gasteiger partial charge in [-0.1, -0.05) is 22.4 Å². The lowest BCUT2D eigenvalue weighted by Gasteiger charge is -2.01. The molecule has 0 fully saturated rings. The lowest BCUT2D eigenvalue weighted by Crippen LogP contribution is -2.16. The van der Waals surface area contributed by atoms with Gasteiger partial charge in [0.2, 0.25) is 5.76 Å². The fourth-order valence-electron chi connectivity index (χ4n) is 2.12. The van der Waals surface area contributed by atoms with Crippen LogP contribution in [0.2, 0.25) is 0 Å². The van der Waals surface area contributed by atoms with Crippen LogP contribution in [-0.2, 0) is 6.54 Å². The van der Waals surface area contributed by atoms with Gasteiger partial charge in [0, 0.05) is 6.07 Å². The average Bonchev–Trinajstić information content (AvgIpc) is 3.11. The van der Waals surface area contributed by atoms with Crippen LogP contribution in [0.25, 0.3) is 10.2 Å². The van der Waals surface area contributed by atoms with Crippen LogP contribution in [0, 0.1) is 19.3 Å². The molecule has 0 aliphatic rings. The third-order valence-corrected chi connectivity index (χ3v) is 4.22. The third-order valence-electron chi connectivity index (χ3n) is 3.18. The van der Waals surface area contributed by atoms with Crippen molar-refractivity contribution in [1.29, 1.82) is 0 Å². The van der Waals surface area contributed by atoms with Crippen LogP contribution in [0.15, 0.2) is 33.8 Å². The van der Waals surface area contributed by atoms with Gasteiger partial charge < -0.3 is 13.8 Å². The van der Waals surface area contributed by atoms with Crippen molar-refractivity contribution in [2.45, 2.75) is 13.5 Å². The first-order chi connectivity index (χ1) is 11.1. The highest BCUT2D eigenvalue weighted by Gasteiger charge is 2.13. The molecule has 0 aliphatic carbocycles. The largest absolute Gasteiger partial charge is 0.497 e. The molecule has 0 saturated carbocycles. The van der Waals surface area contributed by atoms with E-state index in [1.807, 2.05) is 18.2 Å². The molecule has 0 aliphatic heterocycles. The van der Waals surface area contributed by atoms with Crippen molar-refractivity contribution in [3.63, 3.8) is 0 Å². The summed E-state index contributed by atoms with van der Waals surface area (Å²) in [6.07, 6.45) is 5.43. The second-order valence-electron chi connectivity index (χ2n) is 4.76. The van der Waals surface area contributed by atoms with E-state index in [9.17, 15) is 4.79 Å². The number of aryl methyl sites for hydroxylation is 1. The number of aromatic nitrogens is 2. The zero-order valence-corrected chi connectivity index (χ0v) is 13.4. The second kappa shape index (κ2) is 6.10. The van der Waals surface area contributed by atoms with Gasteiger partial charge in [0.15, 0.2) is 4.80 Å². The molecule has 2 heterocycles. The van der Waals surface area contributed by atoms with Gasteiger partial charge in [0.25, 0.3) is 0 Å². The summed E-state index contributed by atoms with van der Waals surface area (Å²) in [4.78, 5) is 16.8. The van der Waals surface area contributed by atoms with Crippen molar-refractivity contribution >= 4 is 27.5 Å². The number of hydrogen-bond donors (Lipinski definition) is 0. The summed E-state index contributed by atoms with van der Waals surface area (Å²) in [6.45, 7) is 2.05. The van der Waals surface area contributed by atoms with E-state index < -0.39 is 5.91 Å². The Morgan fingerprint density at radius 3 is 3.00 bits per heavy atom. The fraction of sp³-hybridized carbons (Fsp3) is 0.188. The molecule has 0 radical (unpaired) electrons. The molecule has 2 aromatic heterocycles. The SMILES string of the molecule is C#CCn1c(=NC(=O)c2cc(C)no2)sc2cc(OC)ccc21. The van der Waals surface area contributed by atoms with E-state index in [4.69, 9.17) is 15.7 Å². The van der Waals surface area contributed by atoms with E-state index >= 15 is 0 Å². The van der Waals surface area contributed by atoms with E-state index in [-0.39, 0.29) is 5.76 Å². The van der Waals surface area contributed by atoms with Crippen LogP contribution in [0.1, 0.15) is 16.2 Å². The number of ether oxygens (including phenoxy) is 1. The molecular weight excluding hydrogens is 314 g/mol. The Morgan fingerprint density at radius 2 is 2.35 bits per heavy atom. The van der Waals surface area contributed by atoms with E-state index in [2.05, 4.69) is 16.1 Å². The molecule has 1 amide bonds. The van der Waals surface area contributed by atoms with Gasteiger partial charge in [-0.15, -0.1) is 6.42 Å². The molecule has 116 valence electrons. The summed E-state index contributed by atoms with van der Waals surface area (Å²) in [5.41, 5.74) is 1.52. The van der Waals surface area contributed by atoms with Gasteiger partial charge in [-0.3, -0.25) is 4.79 Å². The average molecular weight is 327 g/mol. The predicted octanol–water partition coefficient (Wildman–Crippen LogP) is 2.38. The molecule has 0 spiro atoms. The Balaban J connectivity index is 2.15. The number of nitrogens with zero attached hydrogens (tertiary/aromatic N) is 3. The molecule has 0 unspecified atom stereocenters. The lowest BCUT2D eigenvalue weighted by atomic mass is 10.3. The van der Waals surface area contributed by atoms with Gasteiger partial charge >= 0.3 is 5.91 Å². The van der Waals surface area contributed by atoms with Crippen molar-refractivity contribution in [2.75, 3.05) is 7.11 Å². The van der Waals surface area contributed by atoms with Crippen LogP contribution in [0.3, 0.4) is 0 Å². The predicted molar refractivity (Wildman–Crippen MR) is 86.3 cm³/mol. The molecule has 1 aromatic carbocycles. The Morgan fingerprint density at radius 1 is 1.52 bits per heavy atom. The maximum Gasteiger partial charge on any atom is 0.318 e. The first kappa shape index (κ1) is 15.1. The van der Waals surface area contributed by atoms with E-state index in [1.54, 1.807) is 24.7 Å². The summed E-state index contributed by atoms with van der Waals surface area (Å²) in [5.74, 6) is 2.92. The quantitative estimate of drug-likeness (QED) is 0.693. The number of benzene rings is 1. The molecule has 0 saturated heterocycles. The molecule has 23 heavy (non-hydrogen) atoms. The van der Waals surface area contributed by atoms with Gasteiger partial charge in [0.05, 0.1) is 29.6 Å². The Bertz CT molecular complexity index is 988. The fourth-order valence-corrected chi connectivity index (χ4v) is 3.17. The van der Waals surface area contributed by atoms with E-state index in [0.29, 0.717) is 17.0 Å². The molecular formula is C16H13N3O3S. The summed E-state index contributed by atoms with van der Waals surface area (Å²) in [6, 6.07) is 7.17. The number of rotatable bonds is 3. The minimum absolute atomic E-state index is 0.102. The Labute approximate surface area is 136 Å². The van der Waals surface area contributed by atoms with Gasteiger partial charge in [0.1, 0.15) is 5.75 Å². The lowest BCUT2D eigenvalue weighted by molar-refractivity contribution is 0.0962. The summed E-state index contributed by atoms with van der Waals surface area (Å²) in [5, 5.41) is 3.70. The van der Waals surface area contributed by atoms with Crippen LogP contribution >= 0.6 is 11.3 Å². The monoisotopic (exact) mass is 327 g/mol. The Kier molecular flexibility index (Phi) is 4.00. The van der Waals surface area contributed by atoms with Crippen molar-refractivity contribution in [3.8, 4) is 18.1 Å². The van der Waals surface area contributed by atoms with E-state index in [0.717, 1.165) is 16.0 Å². The molecule has 0 atom stereocenters. The number of terminal acetylenes is 1. The summed E-state index contributed by atoms with van der Waals surface area (Å²) < 4.78 is 12.9. The molecule has 6 nitrogen and oxygen atoms in total. The normalized spacial score (nSPS) is 11.6. The molecule has 0 N–H and O–H groups in total. The number of amides is 1. The van der Waals surface area contributed by atoms with Crippen LogP contribution < -0.4 is 9.54 Å². The number of fused-ring (bicyclic) bond motifs is 1. The molecule has 3 rings (SSSR count). The van der Waals surface area contributed by atoms with Gasteiger partial charge in [-0.2, -0.15) is 4.99 Å². The molecule has 0 bridgehead atoms. The minimum Gasteiger partial charge on any atom is -0.497 e. The minimum atomic E-state index is -0.491. The summed E-state index contributed by atoms with van der Waals surface area (Å²) in [7, 11) is 1.60. The zero-order valence-electron chi connectivity index (χ0n) is 12.6. The highest BCUT2D eigenvalue weighted by Crippen LogP contribution is 2.23. The topological polar surface area (TPSA) is 69.6 Å². The third kappa shape index (κ3) is 2.89. The Hall–Kier alpha value is -2.85. The van der Waals surface area contributed by atoms with Crippen molar-refractivity contribution < 1.29 is 14.1 Å². The number of carbonyl (C=O) groups is 1. The standard InChI is InChI=1S/C16H13N3O3S/c1-4-7-19-12-6-5-11(21-3)9-14(12)23-16(19)17-15(20)13-8-10(2)18-22-13/h1,5-6,8-9H,7H2,2-3H3. The van der Waals surface area contributed by atoms with Crippen LogP contribution in [0.4, 0.5) is 0 Å². The number of hydrogen-bond acceptors (Lipinski definition) is 5. The molecule has 7 heteroatoms. The van der Waals surface area contributed by atoms with Crippen LogP contribution in [-0.4, -0.2) is 22.7 Å². The van der Waals surface area contributed by atoms with Crippen LogP contribution in [0.5, 0.6) is 5.75 Å². The van der Waals surface area contributed by atoms with E-state index in [1.165, 1.54) is 11.3 Å². The number of methoxy groups -OCH3 is 1. The van der Waals surface area contributed by atoms with Crippen molar-refractivity contribution in [1.82, 2.24) is 9.72 Å². The van der Waals surface area contributed by atoms with Gasteiger partial charge in [-0.25, -0.2) is 0 Å². The van der Waals surface area contributed by atoms with Crippen molar-refractivity contribution in [3.05, 3.63) is 40.5 Å². The number of carbonyl (C=O) groups excluding carboxylic acids is 1. The highest BCUT2D eigenvalue weighted by molar-refractivity contribution is 7.16. The zero-order chi connectivity index (χ0) is 16.4. The smallest absolute Gasteiger partial charge is 0.318 e. The highest BCUT2D eigenvalue weighted by atomic mass is 32.1. The second-order valence-corrected chi connectivity index (χ2v) is 5.77. The molecule has 3 aromatic rings. The van der Waals surface area contributed by atoms with Crippen molar-refractivity contribution in [2.24, 2.45) is 4.99 Å². The first-order valence-electron chi connectivity index (χ1n) is 6.75. The van der Waals surface area contributed by atoms with Gasteiger partial charge in [-0.05, 0) is 25.1 Å². The first-order valence-corrected chi connectivity index (χ1v) is 7.57. The maximum absolute atomic E-state index is 12.2.